The Morgan fingerprint density at radius 2 is 1.85 bits per heavy atom. The summed E-state index contributed by atoms with van der Waals surface area (Å²) in [6, 6.07) is 9.66. The molecular weight excluding hydrogens is 334 g/mol. The van der Waals surface area contributed by atoms with E-state index < -0.39 is 30.0 Å². The Bertz CT molecular complexity index is 742. The smallest absolute Gasteiger partial charge is 0.302 e. The second kappa shape index (κ2) is 7.66. The molecule has 2 aliphatic rings. The minimum Gasteiger partial charge on any atom is -0.464 e. The first-order valence-corrected chi connectivity index (χ1v) is 8.52. The van der Waals surface area contributed by atoms with Crippen LogP contribution in [0.25, 0.3) is 6.08 Å². The number of likely N-dealkylation sites (tertiary alicyclic amines) is 1. The molecule has 0 spiro atoms. The first-order valence-electron chi connectivity index (χ1n) is 8.52. The minimum atomic E-state index is -0.581. The largest absolute Gasteiger partial charge is 0.464 e. The molecule has 6 nitrogen and oxygen atoms in total. The fourth-order valence-corrected chi connectivity index (χ4v) is 3.45. The summed E-state index contributed by atoms with van der Waals surface area (Å²) in [7, 11) is 0. The van der Waals surface area contributed by atoms with Gasteiger partial charge in [0.2, 0.25) is 11.8 Å². The van der Waals surface area contributed by atoms with Crippen molar-refractivity contribution in [3.63, 3.8) is 0 Å². The lowest BCUT2D eigenvalue weighted by atomic mass is 9.89. The molecule has 26 heavy (non-hydrogen) atoms. The number of hydrogen-bond donors (Lipinski definition) is 0. The average molecular weight is 355 g/mol. The molecule has 2 saturated heterocycles. The van der Waals surface area contributed by atoms with Crippen molar-refractivity contribution in [1.82, 2.24) is 4.90 Å². The summed E-state index contributed by atoms with van der Waals surface area (Å²) >= 11 is 0. The summed E-state index contributed by atoms with van der Waals surface area (Å²) in [6.45, 7) is 5.07. The van der Waals surface area contributed by atoms with E-state index in [2.05, 4.69) is 6.58 Å². The highest BCUT2D eigenvalue weighted by Gasteiger charge is 2.58. The second-order valence-electron chi connectivity index (χ2n) is 6.29. The van der Waals surface area contributed by atoms with Gasteiger partial charge < -0.3 is 9.47 Å². The molecule has 4 atom stereocenters. The molecule has 0 N–H and O–H groups in total. The van der Waals surface area contributed by atoms with Crippen molar-refractivity contribution in [2.75, 3.05) is 13.2 Å². The van der Waals surface area contributed by atoms with E-state index in [4.69, 9.17) is 9.47 Å². The fourth-order valence-electron chi connectivity index (χ4n) is 3.45. The van der Waals surface area contributed by atoms with Gasteiger partial charge in [0.15, 0.2) is 0 Å². The van der Waals surface area contributed by atoms with Gasteiger partial charge in [-0.1, -0.05) is 48.6 Å². The van der Waals surface area contributed by atoms with Crippen molar-refractivity contribution >= 4 is 23.9 Å². The molecule has 2 fully saturated rings. The Balaban J connectivity index is 1.77. The van der Waals surface area contributed by atoms with Crippen LogP contribution in [0, 0.1) is 11.8 Å². The van der Waals surface area contributed by atoms with Crippen LogP contribution in [-0.4, -0.2) is 48.0 Å². The van der Waals surface area contributed by atoms with Crippen molar-refractivity contribution < 1.29 is 23.9 Å². The highest BCUT2D eigenvalue weighted by Crippen LogP contribution is 2.41. The lowest BCUT2D eigenvalue weighted by Gasteiger charge is -2.19. The first kappa shape index (κ1) is 18.1. The second-order valence-corrected chi connectivity index (χ2v) is 6.29. The van der Waals surface area contributed by atoms with Gasteiger partial charge in [-0.25, -0.2) is 0 Å². The minimum absolute atomic E-state index is 0.00358. The van der Waals surface area contributed by atoms with E-state index >= 15 is 0 Å². The number of nitrogens with zero attached hydrogens (tertiary/aromatic N) is 1. The quantitative estimate of drug-likeness (QED) is 0.442. The summed E-state index contributed by atoms with van der Waals surface area (Å²) in [5, 5.41) is 0. The zero-order valence-corrected chi connectivity index (χ0v) is 14.5. The summed E-state index contributed by atoms with van der Waals surface area (Å²) in [5.74, 6) is -2.20. The molecule has 3 rings (SSSR count). The molecule has 1 aromatic carbocycles. The molecule has 0 aromatic heterocycles. The lowest BCUT2D eigenvalue weighted by Crippen LogP contribution is -2.37. The summed E-state index contributed by atoms with van der Waals surface area (Å²) in [4.78, 5) is 37.5. The number of carbonyl (C=O) groups excluding carboxylic acids is 3. The molecule has 2 amide bonds. The van der Waals surface area contributed by atoms with Crippen LogP contribution in [-0.2, 0) is 23.9 Å². The van der Waals surface area contributed by atoms with Crippen LogP contribution >= 0.6 is 0 Å². The number of rotatable bonds is 6. The van der Waals surface area contributed by atoms with E-state index in [0.717, 1.165) is 5.56 Å². The molecule has 2 aliphatic heterocycles. The number of carbonyl (C=O) groups is 3. The zero-order chi connectivity index (χ0) is 18.7. The summed E-state index contributed by atoms with van der Waals surface area (Å²) in [5.41, 5.74) is 0.984. The van der Waals surface area contributed by atoms with Crippen molar-refractivity contribution in [2.24, 2.45) is 11.8 Å². The molecular formula is C20H21NO5. The molecule has 6 heteroatoms. The van der Waals surface area contributed by atoms with Crippen molar-refractivity contribution in [2.45, 2.75) is 19.1 Å². The maximum absolute atomic E-state index is 12.8. The normalized spacial score (nSPS) is 27.8. The monoisotopic (exact) mass is 355 g/mol. The third-order valence-corrected chi connectivity index (χ3v) is 4.64. The molecule has 0 radical (unpaired) electrons. The van der Waals surface area contributed by atoms with Gasteiger partial charge in [-0.05, 0) is 5.56 Å². The average Bonchev–Trinajstić information content (AvgIpc) is 3.12. The van der Waals surface area contributed by atoms with E-state index in [0.29, 0.717) is 0 Å². The van der Waals surface area contributed by atoms with Crippen molar-refractivity contribution in [1.29, 1.82) is 0 Å². The number of fused-ring (bicyclic) bond motifs is 1. The molecule has 1 aromatic rings. The van der Waals surface area contributed by atoms with E-state index in [-0.39, 0.29) is 25.0 Å². The Kier molecular flexibility index (Phi) is 5.32. The highest BCUT2D eigenvalue weighted by molar-refractivity contribution is 6.06. The van der Waals surface area contributed by atoms with Crippen LogP contribution < -0.4 is 0 Å². The van der Waals surface area contributed by atoms with E-state index in [1.807, 2.05) is 42.5 Å². The predicted molar refractivity (Wildman–Crippen MR) is 94.7 cm³/mol. The third kappa shape index (κ3) is 3.46. The van der Waals surface area contributed by atoms with E-state index in [1.165, 1.54) is 11.8 Å². The van der Waals surface area contributed by atoms with Crippen LogP contribution in [0.1, 0.15) is 12.5 Å². The number of imide groups is 1. The maximum Gasteiger partial charge on any atom is 0.302 e. The molecule has 2 heterocycles. The predicted octanol–water partition coefficient (Wildman–Crippen LogP) is 1.82. The molecule has 2 unspecified atom stereocenters. The van der Waals surface area contributed by atoms with Gasteiger partial charge in [-0.15, -0.1) is 6.58 Å². The van der Waals surface area contributed by atoms with Gasteiger partial charge in [0, 0.05) is 6.92 Å². The van der Waals surface area contributed by atoms with Gasteiger partial charge in [-0.2, -0.15) is 0 Å². The third-order valence-electron chi connectivity index (χ3n) is 4.64. The molecule has 0 bridgehead atoms. The molecule has 0 saturated carbocycles. The summed E-state index contributed by atoms with van der Waals surface area (Å²) < 4.78 is 10.7. The first-order chi connectivity index (χ1) is 12.5. The van der Waals surface area contributed by atoms with Crippen LogP contribution in [0.2, 0.25) is 0 Å². The fraction of sp³-hybridized carbons (Fsp3) is 0.350. The Labute approximate surface area is 152 Å². The van der Waals surface area contributed by atoms with Crippen LogP contribution in [0.4, 0.5) is 0 Å². The lowest BCUT2D eigenvalue weighted by molar-refractivity contribution is -0.148. The van der Waals surface area contributed by atoms with E-state index in [1.54, 1.807) is 6.08 Å². The van der Waals surface area contributed by atoms with Crippen LogP contribution in [0.5, 0.6) is 0 Å². The van der Waals surface area contributed by atoms with E-state index in [9.17, 15) is 14.4 Å². The summed E-state index contributed by atoms with van der Waals surface area (Å²) in [6.07, 6.45) is 4.25. The van der Waals surface area contributed by atoms with Gasteiger partial charge in [-0.3, -0.25) is 19.3 Å². The SMILES string of the molecule is C=CC1OC(/C=C\c2ccccc2)[C@@H]2C(=O)N(CCOC(C)=O)C(=O)[C@H]12. The maximum atomic E-state index is 12.8. The van der Waals surface area contributed by atoms with Crippen molar-refractivity contribution in [3.8, 4) is 0 Å². The zero-order valence-electron chi connectivity index (χ0n) is 14.5. The number of esters is 1. The van der Waals surface area contributed by atoms with Crippen LogP contribution in [0.3, 0.4) is 0 Å². The topological polar surface area (TPSA) is 72.9 Å². The Morgan fingerprint density at radius 1 is 1.19 bits per heavy atom. The number of amides is 2. The van der Waals surface area contributed by atoms with Gasteiger partial charge in [0.05, 0.1) is 30.6 Å². The Morgan fingerprint density at radius 3 is 2.46 bits per heavy atom. The number of benzene rings is 1. The standard InChI is InChI=1S/C20H21NO5/c1-3-15-17-18(16(26-15)10-9-14-7-5-4-6-8-14)20(24)21(19(17)23)11-12-25-13(2)22/h3-10,15-18H,1,11-12H2,2H3/b10-9-/t15?,16?,17-,18+/m1/s1. The molecule has 0 aliphatic carbocycles. The highest BCUT2D eigenvalue weighted by atomic mass is 16.5. The van der Waals surface area contributed by atoms with Crippen LogP contribution in [0.15, 0.2) is 49.1 Å². The van der Waals surface area contributed by atoms with Gasteiger partial charge in [0.1, 0.15) is 6.61 Å². The molecule has 136 valence electrons. The van der Waals surface area contributed by atoms with Gasteiger partial charge >= 0.3 is 5.97 Å². The number of ether oxygens (including phenoxy) is 2. The van der Waals surface area contributed by atoms with Gasteiger partial charge in [0.25, 0.3) is 0 Å². The van der Waals surface area contributed by atoms with Crippen molar-refractivity contribution in [3.05, 3.63) is 54.6 Å². The Hall–Kier alpha value is -2.73. The number of hydrogen-bond acceptors (Lipinski definition) is 5.